The van der Waals surface area contributed by atoms with Crippen LogP contribution in [0.15, 0.2) is 29.2 Å². The molecule has 0 radical (unpaired) electrons. The van der Waals surface area contributed by atoms with Crippen molar-refractivity contribution in [1.29, 1.82) is 0 Å². The Morgan fingerprint density at radius 3 is 2.61 bits per heavy atom. The summed E-state index contributed by atoms with van der Waals surface area (Å²) < 4.78 is 0. The zero-order valence-corrected chi connectivity index (χ0v) is 12.1. The SMILES string of the molecule is CCSc1ccc(CNCC2CCNCC2)cc1. The van der Waals surface area contributed by atoms with Gasteiger partial charge in [0.05, 0.1) is 0 Å². The summed E-state index contributed by atoms with van der Waals surface area (Å²) in [5, 5.41) is 7.00. The van der Waals surface area contributed by atoms with E-state index in [0.717, 1.165) is 24.8 Å². The second kappa shape index (κ2) is 7.82. The molecule has 1 fully saturated rings. The molecule has 0 aromatic heterocycles. The van der Waals surface area contributed by atoms with Gasteiger partial charge in [-0.2, -0.15) is 0 Å². The average molecular weight is 264 g/mol. The monoisotopic (exact) mass is 264 g/mol. The molecule has 1 aromatic rings. The van der Waals surface area contributed by atoms with Crippen LogP contribution in [-0.2, 0) is 6.54 Å². The van der Waals surface area contributed by atoms with Crippen molar-refractivity contribution < 1.29 is 0 Å². The summed E-state index contributed by atoms with van der Waals surface area (Å²) in [4.78, 5) is 1.37. The zero-order valence-electron chi connectivity index (χ0n) is 11.2. The van der Waals surface area contributed by atoms with Crippen LogP contribution in [0.2, 0.25) is 0 Å². The number of piperidine rings is 1. The molecular formula is C15H24N2S. The minimum atomic E-state index is 0.862. The molecule has 18 heavy (non-hydrogen) atoms. The summed E-state index contributed by atoms with van der Waals surface area (Å²) in [5.41, 5.74) is 1.39. The van der Waals surface area contributed by atoms with Crippen molar-refractivity contribution >= 4 is 11.8 Å². The van der Waals surface area contributed by atoms with Gasteiger partial charge in [-0.25, -0.2) is 0 Å². The predicted molar refractivity (Wildman–Crippen MR) is 80.1 cm³/mol. The van der Waals surface area contributed by atoms with Gasteiger partial charge in [0.15, 0.2) is 0 Å². The number of hydrogen-bond acceptors (Lipinski definition) is 3. The van der Waals surface area contributed by atoms with Gasteiger partial charge in [0.25, 0.3) is 0 Å². The van der Waals surface area contributed by atoms with Crippen LogP contribution in [0.1, 0.15) is 25.3 Å². The first kappa shape index (κ1) is 13.9. The van der Waals surface area contributed by atoms with Gasteiger partial charge in [-0.15, -0.1) is 11.8 Å². The second-order valence-electron chi connectivity index (χ2n) is 4.90. The van der Waals surface area contributed by atoms with Crippen LogP contribution in [0.3, 0.4) is 0 Å². The maximum atomic E-state index is 3.59. The summed E-state index contributed by atoms with van der Waals surface area (Å²) in [7, 11) is 0. The Hall–Kier alpha value is -0.510. The summed E-state index contributed by atoms with van der Waals surface area (Å²) in [5.74, 6) is 2.01. The van der Waals surface area contributed by atoms with E-state index in [9.17, 15) is 0 Å². The van der Waals surface area contributed by atoms with Crippen LogP contribution in [0.5, 0.6) is 0 Å². The first-order valence-corrected chi connectivity index (χ1v) is 8.00. The highest BCUT2D eigenvalue weighted by atomic mass is 32.2. The molecule has 1 heterocycles. The summed E-state index contributed by atoms with van der Waals surface area (Å²) in [6.45, 7) is 6.73. The number of thioether (sulfide) groups is 1. The Labute approximate surface area is 115 Å². The van der Waals surface area contributed by atoms with E-state index < -0.39 is 0 Å². The topological polar surface area (TPSA) is 24.1 Å². The predicted octanol–water partition coefficient (Wildman–Crippen LogP) is 2.89. The maximum Gasteiger partial charge on any atom is 0.0205 e. The third kappa shape index (κ3) is 4.63. The molecular weight excluding hydrogens is 240 g/mol. The van der Waals surface area contributed by atoms with E-state index in [1.807, 2.05) is 11.8 Å². The van der Waals surface area contributed by atoms with Crippen molar-refractivity contribution in [3.63, 3.8) is 0 Å². The lowest BCUT2D eigenvalue weighted by Gasteiger charge is -2.22. The minimum Gasteiger partial charge on any atom is -0.317 e. The lowest BCUT2D eigenvalue weighted by molar-refractivity contribution is 0.356. The molecule has 2 nitrogen and oxygen atoms in total. The molecule has 1 aromatic carbocycles. The molecule has 1 aliphatic rings. The zero-order chi connectivity index (χ0) is 12.6. The van der Waals surface area contributed by atoms with E-state index in [2.05, 4.69) is 41.8 Å². The summed E-state index contributed by atoms with van der Waals surface area (Å²) in [6.07, 6.45) is 2.64. The van der Waals surface area contributed by atoms with E-state index in [-0.39, 0.29) is 0 Å². The third-order valence-corrected chi connectivity index (χ3v) is 4.35. The van der Waals surface area contributed by atoms with Crippen molar-refractivity contribution in [2.24, 2.45) is 5.92 Å². The van der Waals surface area contributed by atoms with Crippen molar-refractivity contribution in [2.75, 3.05) is 25.4 Å². The Morgan fingerprint density at radius 2 is 1.94 bits per heavy atom. The van der Waals surface area contributed by atoms with Crippen molar-refractivity contribution in [3.8, 4) is 0 Å². The highest BCUT2D eigenvalue weighted by Gasteiger charge is 2.11. The standard InChI is InChI=1S/C15H24N2S/c1-2-18-15-5-3-13(4-6-15)11-17-12-14-7-9-16-10-8-14/h3-6,14,16-17H,2,7-12H2,1H3. The average Bonchev–Trinajstić information content (AvgIpc) is 2.42. The minimum absolute atomic E-state index is 0.862. The number of nitrogens with one attached hydrogen (secondary N) is 2. The Bertz CT molecular complexity index is 331. The van der Waals surface area contributed by atoms with Crippen LogP contribution in [0, 0.1) is 5.92 Å². The van der Waals surface area contributed by atoms with Crippen molar-refractivity contribution in [1.82, 2.24) is 10.6 Å². The fourth-order valence-corrected chi connectivity index (χ4v) is 3.04. The molecule has 2 N–H and O–H groups in total. The number of benzene rings is 1. The quantitative estimate of drug-likeness (QED) is 0.773. The van der Waals surface area contributed by atoms with Crippen molar-refractivity contribution in [3.05, 3.63) is 29.8 Å². The molecule has 1 saturated heterocycles. The smallest absolute Gasteiger partial charge is 0.0205 e. The molecule has 0 bridgehead atoms. The molecule has 0 unspecified atom stereocenters. The molecule has 2 rings (SSSR count). The number of rotatable bonds is 6. The molecule has 0 saturated carbocycles. The van der Waals surface area contributed by atoms with E-state index in [4.69, 9.17) is 0 Å². The second-order valence-corrected chi connectivity index (χ2v) is 6.24. The normalized spacial score (nSPS) is 16.9. The van der Waals surface area contributed by atoms with Crippen LogP contribution in [-0.4, -0.2) is 25.4 Å². The van der Waals surface area contributed by atoms with Gasteiger partial charge in [0, 0.05) is 11.4 Å². The largest absolute Gasteiger partial charge is 0.317 e. The molecule has 100 valence electrons. The number of hydrogen-bond donors (Lipinski definition) is 2. The van der Waals surface area contributed by atoms with Gasteiger partial charge in [-0.3, -0.25) is 0 Å². The van der Waals surface area contributed by atoms with E-state index in [0.29, 0.717) is 0 Å². The van der Waals surface area contributed by atoms with Crippen LogP contribution >= 0.6 is 11.8 Å². The van der Waals surface area contributed by atoms with Crippen LogP contribution in [0.25, 0.3) is 0 Å². The summed E-state index contributed by atoms with van der Waals surface area (Å²) in [6, 6.07) is 8.95. The molecule has 1 aliphatic heterocycles. The third-order valence-electron chi connectivity index (χ3n) is 3.46. The highest BCUT2D eigenvalue weighted by Crippen LogP contribution is 2.17. The molecule has 3 heteroatoms. The van der Waals surface area contributed by atoms with Crippen LogP contribution in [0.4, 0.5) is 0 Å². The summed E-state index contributed by atoms with van der Waals surface area (Å²) >= 11 is 1.90. The van der Waals surface area contributed by atoms with Gasteiger partial charge in [-0.05, 0) is 61.8 Å². The van der Waals surface area contributed by atoms with Crippen LogP contribution < -0.4 is 10.6 Å². The van der Waals surface area contributed by atoms with E-state index >= 15 is 0 Å². The highest BCUT2D eigenvalue weighted by molar-refractivity contribution is 7.99. The van der Waals surface area contributed by atoms with Gasteiger partial charge in [0.2, 0.25) is 0 Å². The van der Waals surface area contributed by atoms with E-state index in [1.54, 1.807) is 0 Å². The molecule has 0 aliphatic carbocycles. The fourth-order valence-electron chi connectivity index (χ4n) is 2.38. The Kier molecular flexibility index (Phi) is 6.05. The lowest BCUT2D eigenvalue weighted by Crippen LogP contribution is -2.33. The first-order chi connectivity index (χ1) is 8.88. The van der Waals surface area contributed by atoms with Gasteiger partial charge < -0.3 is 10.6 Å². The Balaban J connectivity index is 1.69. The molecule has 0 amide bonds. The fraction of sp³-hybridized carbons (Fsp3) is 0.600. The van der Waals surface area contributed by atoms with E-state index in [1.165, 1.54) is 36.4 Å². The molecule has 0 spiro atoms. The van der Waals surface area contributed by atoms with Gasteiger partial charge >= 0.3 is 0 Å². The first-order valence-electron chi connectivity index (χ1n) is 7.01. The Morgan fingerprint density at radius 1 is 1.22 bits per heavy atom. The van der Waals surface area contributed by atoms with Gasteiger partial charge in [0.1, 0.15) is 0 Å². The molecule has 0 atom stereocenters. The maximum absolute atomic E-state index is 3.59. The van der Waals surface area contributed by atoms with Gasteiger partial charge in [-0.1, -0.05) is 19.1 Å². The lowest BCUT2D eigenvalue weighted by atomic mass is 9.98. The van der Waals surface area contributed by atoms with Crippen molar-refractivity contribution in [2.45, 2.75) is 31.2 Å².